The van der Waals surface area contributed by atoms with Gasteiger partial charge < -0.3 is 9.88 Å². The number of aromatic nitrogens is 3. The number of rotatable bonds is 4. The third kappa shape index (κ3) is 3.48. The molecule has 1 N–H and O–H groups in total. The zero-order chi connectivity index (χ0) is 18.3. The molecule has 1 aromatic heterocycles. The van der Waals surface area contributed by atoms with Crippen LogP contribution in [0, 0.1) is 11.8 Å². The minimum absolute atomic E-state index is 0.0893. The monoisotopic (exact) mass is 373 g/mol. The molecule has 1 aromatic carbocycles. The van der Waals surface area contributed by atoms with E-state index in [0.717, 1.165) is 43.4 Å². The number of nitrogens with one attached hydrogen (secondary N) is 1. The maximum atomic E-state index is 12.4. The number of hydrogen-bond acceptors (Lipinski definition) is 4. The number of nitrogens with zero attached hydrogens (tertiary/aromatic N) is 4. The fourth-order valence-corrected chi connectivity index (χ4v) is 4.35. The second-order valence-corrected chi connectivity index (χ2v) is 8.16. The molecular formula is C19H24ClN5O. The van der Waals surface area contributed by atoms with Crippen LogP contribution in [0.3, 0.4) is 0 Å². The number of halogens is 1. The summed E-state index contributed by atoms with van der Waals surface area (Å²) in [6, 6.07) is 8.16. The van der Waals surface area contributed by atoms with Crippen molar-refractivity contribution in [1.82, 2.24) is 25.0 Å². The average molecular weight is 374 g/mol. The Hall–Kier alpha value is -1.92. The first kappa shape index (κ1) is 17.5. The lowest BCUT2D eigenvalue weighted by Crippen LogP contribution is -2.35. The minimum Gasteiger partial charge on any atom is -0.347 e. The van der Waals surface area contributed by atoms with Crippen LogP contribution in [-0.2, 0) is 19.5 Å². The van der Waals surface area contributed by atoms with E-state index < -0.39 is 0 Å². The third-order valence-corrected chi connectivity index (χ3v) is 5.49. The van der Waals surface area contributed by atoms with Gasteiger partial charge in [0.25, 0.3) is 5.91 Å². The van der Waals surface area contributed by atoms with Gasteiger partial charge in [0.2, 0.25) is 5.82 Å². The lowest BCUT2D eigenvalue weighted by atomic mass is 9.89. The number of likely N-dealkylation sites (tertiary alicyclic amines) is 1. The smallest absolute Gasteiger partial charge is 0.289 e. The summed E-state index contributed by atoms with van der Waals surface area (Å²) in [5.74, 6) is 2.35. The molecule has 1 saturated heterocycles. The summed E-state index contributed by atoms with van der Waals surface area (Å²) in [5.41, 5.74) is 1.24. The first-order chi connectivity index (χ1) is 12.5. The standard InChI is InChI=1S/C19H24ClN5O/c1-12(2)21-19(26)18-23-22-17-7-14-9-24(10-15(14)11-25(17)18)8-13-4-3-5-16(20)6-13/h3-6,12,14-15H,7-11H2,1-2H3,(H,21,26)/t14-,15-/m0/s1. The summed E-state index contributed by atoms with van der Waals surface area (Å²) in [6.45, 7) is 7.71. The zero-order valence-corrected chi connectivity index (χ0v) is 15.9. The highest BCUT2D eigenvalue weighted by atomic mass is 35.5. The van der Waals surface area contributed by atoms with Gasteiger partial charge in [-0.2, -0.15) is 0 Å². The van der Waals surface area contributed by atoms with E-state index in [1.807, 2.05) is 36.6 Å². The second kappa shape index (κ2) is 7.00. The van der Waals surface area contributed by atoms with Crippen LogP contribution in [0.5, 0.6) is 0 Å². The van der Waals surface area contributed by atoms with Crippen molar-refractivity contribution in [3.8, 4) is 0 Å². The maximum Gasteiger partial charge on any atom is 0.289 e. The molecule has 2 aliphatic heterocycles. The minimum atomic E-state index is -0.133. The molecule has 1 fully saturated rings. The second-order valence-electron chi connectivity index (χ2n) is 7.73. The Labute approximate surface area is 158 Å². The highest BCUT2D eigenvalue weighted by molar-refractivity contribution is 6.30. The van der Waals surface area contributed by atoms with Crippen molar-refractivity contribution in [1.29, 1.82) is 0 Å². The highest BCUT2D eigenvalue weighted by Crippen LogP contribution is 2.33. The Bertz CT molecular complexity index is 818. The van der Waals surface area contributed by atoms with E-state index in [1.54, 1.807) is 0 Å². The van der Waals surface area contributed by atoms with Crippen molar-refractivity contribution in [2.24, 2.45) is 11.8 Å². The van der Waals surface area contributed by atoms with Gasteiger partial charge in [-0.25, -0.2) is 0 Å². The summed E-state index contributed by atoms with van der Waals surface area (Å²) < 4.78 is 2.02. The van der Waals surface area contributed by atoms with Gasteiger partial charge in [-0.15, -0.1) is 10.2 Å². The Morgan fingerprint density at radius 2 is 2.08 bits per heavy atom. The fourth-order valence-electron chi connectivity index (χ4n) is 4.14. The van der Waals surface area contributed by atoms with Crippen LogP contribution in [-0.4, -0.2) is 44.7 Å². The highest BCUT2D eigenvalue weighted by Gasteiger charge is 2.39. The number of benzene rings is 1. The van der Waals surface area contributed by atoms with Crippen molar-refractivity contribution in [3.63, 3.8) is 0 Å². The van der Waals surface area contributed by atoms with E-state index in [9.17, 15) is 4.79 Å². The largest absolute Gasteiger partial charge is 0.347 e. The predicted octanol–water partition coefficient (Wildman–Crippen LogP) is 2.37. The topological polar surface area (TPSA) is 63.1 Å². The first-order valence-corrected chi connectivity index (χ1v) is 9.57. The van der Waals surface area contributed by atoms with Crippen molar-refractivity contribution < 1.29 is 4.79 Å². The number of amides is 1. The van der Waals surface area contributed by atoms with E-state index in [0.29, 0.717) is 17.7 Å². The van der Waals surface area contributed by atoms with Crippen molar-refractivity contribution in [2.75, 3.05) is 13.1 Å². The molecule has 0 radical (unpaired) electrons. The quantitative estimate of drug-likeness (QED) is 0.893. The van der Waals surface area contributed by atoms with Crippen LogP contribution >= 0.6 is 11.6 Å². The molecule has 0 aliphatic carbocycles. The van der Waals surface area contributed by atoms with E-state index in [2.05, 4.69) is 26.5 Å². The van der Waals surface area contributed by atoms with Gasteiger partial charge in [0.05, 0.1) is 0 Å². The van der Waals surface area contributed by atoms with Gasteiger partial charge in [0, 0.05) is 43.7 Å². The Kier molecular flexibility index (Phi) is 4.71. The molecule has 6 nitrogen and oxygen atoms in total. The Morgan fingerprint density at radius 3 is 2.85 bits per heavy atom. The molecule has 7 heteroatoms. The summed E-state index contributed by atoms with van der Waals surface area (Å²) in [5, 5.41) is 12.1. The molecule has 1 amide bonds. The van der Waals surface area contributed by atoms with Crippen LogP contribution in [0.25, 0.3) is 0 Å². The fraction of sp³-hybridized carbons (Fsp3) is 0.526. The SMILES string of the molecule is CC(C)NC(=O)c1nnc2n1C[C@@H]1CN(Cc3cccc(Cl)c3)C[C@@H]1C2. The van der Waals surface area contributed by atoms with E-state index >= 15 is 0 Å². The van der Waals surface area contributed by atoms with Gasteiger partial charge in [0.15, 0.2) is 0 Å². The van der Waals surface area contributed by atoms with E-state index in [4.69, 9.17) is 11.6 Å². The number of carbonyl (C=O) groups excluding carboxylic acids is 1. The van der Waals surface area contributed by atoms with Gasteiger partial charge >= 0.3 is 0 Å². The van der Waals surface area contributed by atoms with Crippen LogP contribution in [0.4, 0.5) is 0 Å². The van der Waals surface area contributed by atoms with Gasteiger partial charge in [-0.1, -0.05) is 23.7 Å². The number of hydrogen-bond donors (Lipinski definition) is 1. The summed E-state index contributed by atoms with van der Waals surface area (Å²) in [7, 11) is 0. The van der Waals surface area contributed by atoms with Gasteiger partial charge in [-0.05, 0) is 43.4 Å². The summed E-state index contributed by atoms with van der Waals surface area (Å²) in [4.78, 5) is 14.8. The Morgan fingerprint density at radius 1 is 1.27 bits per heavy atom. The molecule has 2 aliphatic rings. The molecule has 2 aromatic rings. The lowest BCUT2D eigenvalue weighted by molar-refractivity contribution is 0.0924. The number of fused-ring (bicyclic) bond motifs is 2. The molecule has 0 saturated carbocycles. The van der Waals surface area contributed by atoms with Crippen LogP contribution in [0.15, 0.2) is 24.3 Å². The molecule has 0 bridgehead atoms. The normalized spacial score (nSPS) is 22.3. The number of carbonyl (C=O) groups is 1. The lowest BCUT2D eigenvalue weighted by Gasteiger charge is -2.25. The zero-order valence-electron chi connectivity index (χ0n) is 15.2. The first-order valence-electron chi connectivity index (χ1n) is 9.19. The average Bonchev–Trinajstić information content (AvgIpc) is 3.14. The molecule has 0 spiro atoms. The molecule has 2 atom stereocenters. The van der Waals surface area contributed by atoms with E-state index in [-0.39, 0.29) is 11.9 Å². The van der Waals surface area contributed by atoms with Crippen LogP contribution in [0.2, 0.25) is 5.02 Å². The van der Waals surface area contributed by atoms with Crippen molar-refractivity contribution >= 4 is 17.5 Å². The molecule has 3 heterocycles. The predicted molar refractivity (Wildman–Crippen MR) is 100 cm³/mol. The summed E-state index contributed by atoms with van der Waals surface area (Å²) >= 11 is 6.11. The van der Waals surface area contributed by atoms with E-state index in [1.165, 1.54) is 5.56 Å². The van der Waals surface area contributed by atoms with Crippen LogP contribution < -0.4 is 5.32 Å². The summed E-state index contributed by atoms with van der Waals surface area (Å²) in [6.07, 6.45) is 0.888. The maximum absolute atomic E-state index is 12.4. The van der Waals surface area contributed by atoms with Crippen molar-refractivity contribution in [3.05, 3.63) is 46.5 Å². The van der Waals surface area contributed by atoms with Gasteiger partial charge in [0.1, 0.15) is 5.82 Å². The van der Waals surface area contributed by atoms with Crippen LogP contribution in [0.1, 0.15) is 35.9 Å². The molecule has 4 rings (SSSR count). The van der Waals surface area contributed by atoms with Gasteiger partial charge in [-0.3, -0.25) is 9.69 Å². The molecule has 0 unspecified atom stereocenters. The molecule has 26 heavy (non-hydrogen) atoms. The molecular weight excluding hydrogens is 350 g/mol. The molecule has 138 valence electrons. The Balaban J connectivity index is 1.45. The third-order valence-electron chi connectivity index (χ3n) is 5.26. The van der Waals surface area contributed by atoms with Crippen molar-refractivity contribution in [2.45, 2.75) is 39.4 Å².